The smallest absolute Gasteiger partial charge is 0.254 e. The van der Waals surface area contributed by atoms with Crippen molar-refractivity contribution in [3.63, 3.8) is 0 Å². The molecule has 0 atom stereocenters. The predicted octanol–water partition coefficient (Wildman–Crippen LogP) is 4.10. The van der Waals surface area contributed by atoms with Crippen molar-refractivity contribution in [2.45, 2.75) is 13.1 Å². The average molecular weight is 360 g/mol. The molecule has 3 heterocycles. The first-order valence-corrected chi connectivity index (χ1v) is 8.01. The molecule has 0 aliphatic carbocycles. The monoisotopic (exact) mass is 359 g/mol. The Balaban J connectivity index is 1.63. The van der Waals surface area contributed by atoms with Crippen LogP contribution in [0.2, 0.25) is 5.02 Å². The second kappa shape index (κ2) is 6.57. The molecule has 25 heavy (non-hydrogen) atoms. The third-order valence-corrected chi connectivity index (χ3v) is 4.10. The van der Waals surface area contributed by atoms with E-state index in [1.165, 1.54) is 0 Å². The number of carbonyl (C=O) groups excluding carboxylic acids is 1. The Labute approximate surface area is 148 Å². The van der Waals surface area contributed by atoms with Crippen LogP contribution in [-0.4, -0.2) is 17.6 Å². The number of carbonyl (C=O) groups is 1. The zero-order valence-corrected chi connectivity index (χ0v) is 13.9. The number of fused-ring (bicyclic) bond motifs is 1. The van der Waals surface area contributed by atoms with Gasteiger partial charge < -0.3 is 23.2 Å². The Hall–Kier alpha value is -2.86. The van der Waals surface area contributed by atoms with E-state index < -0.39 is 0 Å². The number of ether oxygens (including phenoxy) is 2. The number of halogens is 1. The molecule has 7 heteroatoms. The highest BCUT2D eigenvalue weighted by molar-refractivity contribution is 6.32. The van der Waals surface area contributed by atoms with Crippen LogP contribution < -0.4 is 9.47 Å². The van der Waals surface area contributed by atoms with Crippen LogP contribution in [0.15, 0.2) is 57.8 Å². The van der Waals surface area contributed by atoms with E-state index in [0.29, 0.717) is 46.7 Å². The van der Waals surface area contributed by atoms with Crippen molar-refractivity contribution in [3.05, 3.63) is 71.0 Å². The summed E-state index contributed by atoms with van der Waals surface area (Å²) in [5.41, 5.74) is 0.410. The lowest BCUT2D eigenvalue weighted by molar-refractivity contribution is 0.0704. The molecule has 128 valence electrons. The molecule has 0 fully saturated rings. The van der Waals surface area contributed by atoms with Crippen molar-refractivity contribution in [3.8, 4) is 11.5 Å². The van der Waals surface area contributed by atoms with Crippen molar-refractivity contribution in [2.75, 3.05) is 6.79 Å². The van der Waals surface area contributed by atoms with Gasteiger partial charge in [0.1, 0.15) is 11.5 Å². The normalized spacial score (nSPS) is 12.4. The van der Waals surface area contributed by atoms with E-state index in [2.05, 4.69) is 0 Å². The van der Waals surface area contributed by atoms with Crippen molar-refractivity contribution in [1.82, 2.24) is 4.90 Å². The fourth-order valence-corrected chi connectivity index (χ4v) is 2.92. The molecule has 6 nitrogen and oxygen atoms in total. The van der Waals surface area contributed by atoms with Crippen molar-refractivity contribution < 1.29 is 23.1 Å². The maximum Gasteiger partial charge on any atom is 0.254 e. The fourth-order valence-electron chi connectivity index (χ4n) is 2.65. The Morgan fingerprint density at radius 2 is 1.72 bits per heavy atom. The van der Waals surface area contributed by atoms with Crippen LogP contribution in [0.1, 0.15) is 21.9 Å². The largest absolute Gasteiger partial charge is 0.467 e. The fraction of sp³-hybridized carbons (Fsp3) is 0.167. The van der Waals surface area contributed by atoms with Crippen molar-refractivity contribution in [1.29, 1.82) is 0 Å². The minimum absolute atomic E-state index is 0.0925. The maximum absolute atomic E-state index is 13.0. The van der Waals surface area contributed by atoms with Crippen LogP contribution in [-0.2, 0) is 13.1 Å². The lowest BCUT2D eigenvalue weighted by atomic mass is 10.1. The van der Waals surface area contributed by atoms with Crippen LogP contribution in [0.3, 0.4) is 0 Å². The van der Waals surface area contributed by atoms with Gasteiger partial charge >= 0.3 is 0 Å². The molecule has 1 amide bonds. The first kappa shape index (κ1) is 15.7. The zero-order chi connectivity index (χ0) is 17.2. The second-order valence-electron chi connectivity index (χ2n) is 5.51. The molecule has 1 aliphatic heterocycles. The molecule has 1 aliphatic rings. The summed E-state index contributed by atoms with van der Waals surface area (Å²) >= 11 is 6.20. The third kappa shape index (κ3) is 3.21. The van der Waals surface area contributed by atoms with Crippen LogP contribution >= 0.6 is 11.6 Å². The van der Waals surface area contributed by atoms with E-state index in [1.54, 1.807) is 41.7 Å². The Morgan fingerprint density at radius 1 is 1.04 bits per heavy atom. The van der Waals surface area contributed by atoms with Crippen molar-refractivity contribution in [2.24, 2.45) is 0 Å². The molecule has 0 saturated heterocycles. The third-order valence-electron chi connectivity index (χ3n) is 3.81. The van der Waals surface area contributed by atoms with Gasteiger partial charge in [-0.25, -0.2) is 0 Å². The van der Waals surface area contributed by atoms with Crippen LogP contribution in [0, 0.1) is 0 Å². The quantitative estimate of drug-likeness (QED) is 0.686. The molecule has 0 saturated carbocycles. The molecule has 0 N–H and O–H groups in total. The van der Waals surface area contributed by atoms with Gasteiger partial charge in [-0.2, -0.15) is 0 Å². The molecule has 0 unspecified atom stereocenters. The van der Waals surface area contributed by atoms with E-state index in [0.717, 1.165) is 0 Å². The van der Waals surface area contributed by atoms with Gasteiger partial charge in [0.15, 0.2) is 11.5 Å². The SMILES string of the molecule is O=C(c1cc(Cl)c2c(c1)OCO2)N(Cc1ccco1)Cc1ccco1. The van der Waals surface area contributed by atoms with Crippen LogP contribution in [0.25, 0.3) is 0 Å². The zero-order valence-electron chi connectivity index (χ0n) is 13.1. The molecule has 0 spiro atoms. The highest BCUT2D eigenvalue weighted by Gasteiger charge is 2.24. The molecule has 2 aromatic heterocycles. The number of hydrogen-bond acceptors (Lipinski definition) is 5. The number of rotatable bonds is 5. The summed E-state index contributed by atoms with van der Waals surface area (Å²) in [6.45, 7) is 0.701. The summed E-state index contributed by atoms with van der Waals surface area (Å²) in [6, 6.07) is 10.4. The Kier molecular flexibility index (Phi) is 4.11. The van der Waals surface area contributed by atoms with Crippen LogP contribution in [0.4, 0.5) is 0 Å². The first-order chi connectivity index (χ1) is 12.2. The molecule has 1 aromatic carbocycles. The number of hydrogen-bond donors (Lipinski definition) is 0. The molecule has 0 radical (unpaired) electrons. The van der Waals surface area contributed by atoms with Gasteiger partial charge in [0.25, 0.3) is 5.91 Å². The van der Waals surface area contributed by atoms with Gasteiger partial charge in [-0.3, -0.25) is 4.79 Å². The summed E-state index contributed by atoms with van der Waals surface area (Å²) in [6.07, 6.45) is 3.14. The van der Waals surface area contributed by atoms with Crippen LogP contribution in [0.5, 0.6) is 11.5 Å². The minimum atomic E-state index is -0.215. The molecule has 0 bridgehead atoms. The maximum atomic E-state index is 13.0. The Morgan fingerprint density at radius 3 is 2.32 bits per heavy atom. The van der Waals surface area contributed by atoms with E-state index >= 15 is 0 Å². The molecular formula is C18H14ClNO5. The summed E-state index contributed by atoms with van der Waals surface area (Å²) in [7, 11) is 0. The summed E-state index contributed by atoms with van der Waals surface area (Å²) in [5, 5.41) is 0.342. The summed E-state index contributed by atoms with van der Waals surface area (Å²) in [5.74, 6) is 2.06. The lowest BCUT2D eigenvalue weighted by Crippen LogP contribution is -2.29. The number of furan rings is 2. The predicted molar refractivity (Wildman–Crippen MR) is 88.6 cm³/mol. The van der Waals surface area contributed by atoms with Gasteiger partial charge in [-0.05, 0) is 36.4 Å². The number of amides is 1. The van der Waals surface area contributed by atoms with Gasteiger partial charge in [-0.1, -0.05) is 11.6 Å². The van der Waals surface area contributed by atoms with E-state index in [1.807, 2.05) is 12.1 Å². The van der Waals surface area contributed by atoms with E-state index in [9.17, 15) is 4.79 Å². The highest BCUT2D eigenvalue weighted by Crippen LogP contribution is 2.40. The standard InChI is InChI=1S/C18H14ClNO5/c19-15-7-12(8-16-17(15)25-11-24-16)18(21)20(9-13-3-1-5-22-13)10-14-4-2-6-23-14/h1-8H,9-11H2. The molecule has 4 rings (SSSR count). The molecule has 3 aromatic rings. The average Bonchev–Trinajstić information content (AvgIpc) is 3.36. The van der Waals surface area contributed by atoms with Gasteiger partial charge in [0.05, 0.1) is 30.6 Å². The topological polar surface area (TPSA) is 65.1 Å². The van der Waals surface area contributed by atoms with E-state index in [4.69, 9.17) is 29.9 Å². The number of benzene rings is 1. The van der Waals surface area contributed by atoms with Gasteiger partial charge in [0.2, 0.25) is 6.79 Å². The summed E-state index contributed by atoms with van der Waals surface area (Å²) in [4.78, 5) is 14.7. The minimum Gasteiger partial charge on any atom is -0.467 e. The van der Waals surface area contributed by atoms with Crippen molar-refractivity contribution >= 4 is 17.5 Å². The van der Waals surface area contributed by atoms with Gasteiger partial charge in [0, 0.05) is 5.56 Å². The summed E-state index contributed by atoms with van der Waals surface area (Å²) < 4.78 is 21.4. The first-order valence-electron chi connectivity index (χ1n) is 7.64. The van der Waals surface area contributed by atoms with E-state index in [-0.39, 0.29) is 12.7 Å². The lowest BCUT2D eigenvalue weighted by Gasteiger charge is -2.21. The second-order valence-corrected chi connectivity index (χ2v) is 5.92. The highest BCUT2D eigenvalue weighted by atomic mass is 35.5. The number of nitrogens with zero attached hydrogens (tertiary/aromatic N) is 1. The molecular weight excluding hydrogens is 346 g/mol. The van der Waals surface area contributed by atoms with Gasteiger partial charge in [-0.15, -0.1) is 0 Å². The Bertz CT molecular complexity index is 837.